The Hall–Kier alpha value is -4.40. The molecular formula is C35H40N4O5. The van der Waals surface area contributed by atoms with Gasteiger partial charge in [-0.3, -0.25) is 24.0 Å². The zero-order valence-electron chi connectivity index (χ0n) is 24.9. The molecule has 0 unspecified atom stereocenters. The number of carbonyl (C=O) groups is 5. The van der Waals surface area contributed by atoms with Crippen LogP contribution in [0.4, 0.5) is 0 Å². The molecule has 1 aromatic heterocycles. The van der Waals surface area contributed by atoms with Crippen LogP contribution >= 0.6 is 0 Å². The molecule has 44 heavy (non-hydrogen) atoms. The summed E-state index contributed by atoms with van der Waals surface area (Å²) in [5, 5.41) is 9.39. The highest BCUT2D eigenvalue weighted by atomic mass is 16.2. The fourth-order valence-corrected chi connectivity index (χ4v) is 6.23. The van der Waals surface area contributed by atoms with Gasteiger partial charge in [-0.1, -0.05) is 73.9 Å². The highest BCUT2D eigenvalue weighted by Gasteiger charge is 2.35. The number of fused-ring (bicyclic) bond motifs is 1. The number of aromatic nitrogens is 1. The van der Waals surface area contributed by atoms with Crippen molar-refractivity contribution in [2.45, 2.75) is 76.3 Å². The predicted octanol–water partition coefficient (Wildman–Crippen LogP) is 4.09. The number of para-hydroxylation sites is 1. The Labute approximate surface area is 257 Å². The van der Waals surface area contributed by atoms with Crippen molar-refractivity contribution >= 4 is 40.2 Å². The van der Waals surface area contributed by atoms with Gasteiger partial charge in [0.25, 0.3) is 5.91 Å². The molecule has 3 amide bonds. The van der Waals surface area contributed by atoms with E-state index >= 15 is 0 Å². The Bertz CT molecular complexity index is 1500. The summed E-state index contributed by atoms with van der Waals surface area (Å²) in [6, 6.07) is 19.1. The Morgan fingerprint density at radius 3 is 2.39 bits per heavy atom. The van der Waals surface area contributed by atoms with Crippen molar-refractivity contribution in [1.82, 2.24) is 20.9 Å². The Morgan fingerprint density at radius 2 is 1.61 bits per heavy atom. The molecule has 3 aromatic rings. The van der Waals surface area contributed by atoms with Gasteiger partial charge in [0.1, 0.15) is 5.69 Å². The number of piperidine rings is 1. The van der Waals surface area contributed by atoms with Crippen LogP contribution in [0.2, 0.25) is 0 Å². The minimum atomic E-state index is -1.19. The lowest BCUT2D eigenvalue weighted by Crippen LogP contribution is -2.53. The smallest absolute Gasteiger partial charge is 0.289 e. The molecule has 0 spiro atoms. The van der Waals surface area contributed by atoms with Crippen LogP contribution in [0.5, 0.6) is 0 Å². The molecule has 2 aliphatic rings. The first-order valence-electron chi connectivity index (χ1n) is 15.7. The highest BCUT2D eigenvalue weighted by molar-refractivity contribution is 6.38. The zero-order chi connectivity index (χ0) is 30.9. The second kappa shape index (κ2) is 14.9. The van der Waals surface area contributed by atoms with Crippen LogP contribution in [0.15, 0.2) is 66.7 Å². The number of pyridine rings is 1. The number of nitrogens with one attached hydrogen (secondary N) is 3. The van der Waals surface area contributed by atoms with Gasteiger partial charge in [0.15, 0.2) is 5.78 Å². The van der Waals surface area contributed by atoms with E-state index < -0.39 is 35.5 Å². The summed E-state index contributed by atoms with van der Waals surface area (Å²) < 4.78 is 0. The zero-order valence-corrected chi connectivity index (χ0v) is 24.9. The topological polar surface area (TPSA) is 134 Å². The lowest BCUT2D eigenvalue weighted by molar-refractivity contribution is -0.141. The molecule has 2 fully saturated rings. The molecule has 1 aliphatic carbocycles. The van der Waals surface area contributed by atoms with Crippen molar-refractivity contribution < 1.29 is 24.0 Å². The van der Waals surface area contributed by atoms with Gasteiger partial charge in [0, 0.05) is 36.2 Å². The average molecular weight is 597 g/mol. The van der Waals surface area contributed by atoms with E-state index in [1.54, 1.807) is 6.07 Å². The molecule has 230 valence electrons. The number of Topliss-reactive ketones (excluding diaryl/α,β-unsaturated/α-hetero) is 2. The van der Waals surface area contributed by atoms with E-state index in [1.165, 1.54) is 0 Å². The minimum absolute atomic E-state index is 0.0206. The van der Waals surface area contributed by atoms with E-state index in [9.17, 15) is 24.0 Å². The molecule has 3 N–H and O–H groups in total. The summed E-state index contributed by atoms with van der Waals surface area (Å²) in [4.78, 5) is 71.2. The fraction of sp³-hybridized carbons (Fsp3) is 0.429. The van der Waals surface area contributed by atoms with Crippen molar-refractivity contribution in [2.75, 3.05) is 6.54 Å². The summed E-state index contributed by atoms with van der Waals surface area (Å²) in [5.74, 6) is -3.82. The van der Waals surface area contributed by atoms with Crippen LogP contribution in [0.3, 0.4) is 0 Å². The number of amides is 3. The number of benzene rings is 2. The molecule has 3 atom stereocenters. The Kier molecular flexibility index (Phi) is 10.5. The largest absolute Gasteiger partial charge is 0.356 e. The second-order valence-corrected chi connectivity index (χ2v) is 12.0. The molecule has 9 heteroatoms. The summed E-state index contributed by atoms with van der Waals surface area (Å²) in [7, 11) is 0. The third kappa shape index (κ3) is 8.15. The predicted molar refractivity (Wildman–Crippen MR) is 167 cm³/mol. The summed E-state index contributed by atoms with van der Waals surface area (Å²) in [5.41, 5.74) is 1.80. The van der Waals surface area contributed by atoms with Crippen LogP contribution in [-0.4, -0.2) is 52.9 Å². The molecular weight excluding hydrogens is 556 g/mol. The number of ketones is 2. The van der Waals surface area contributed by atoms with E-state index in [2.05, 4.69) is 20.9 Å². The normalized spacial score (nSPS) is 18.5. The van der Waals surface area contributed by atoms with Crippen molar-refractivity contribution in [3.05, 3.63) is 78.0 Å². The van der Waals surface area contributed by atoms with E-state index in [1.807, 2.05) is 60.7 Å². The Balaban J connectivity index is 1.36. The van der Waals surface area contributed by atoms with E-state index in [4.69, 9.17) is 0 Å². The van der Waals surface area contributed by atoms with E-state index in [0.29, 0.717) is 18.5 Å². The third-order valence-electron chi connectivity index (χ3n) is 8.73. The molecule has 0 bridgehead atoms. The van der Waals surface area contributed by atoms with E-state index in [0.717, 1.165) is 49.5 Å². The van der Waals surface area contributed by atoms with Gasteiger partial charge >= 0.3 is 0 Å². The van der Waals surface area contributed by atoms with Crippen LogP contribution in [0.25, 0.3) is 10.9 Å². The quantitative estimate of drug-likeness (QED) is 0.213. The molecule has 9 nitrogen and oxygen atoms in total. The third-order valence-corrected chi connectivity index (χ3v) is 8.73. The fourth-order valence-electron chi connectivity index (χ4n) is 6.23. The van der Waals surface area contributed by atoms with Crippen molar-refractivity contribution in [1.29, 1.82) is 0 Å². The minimum Gasteiger partial charge on any atom is -0.356 e. The van der Waals surface area contributed by atoms with Gasteiger partial charge in [-0.25, -0.2) is 4.98 Å². The van der Waals surface area contributed by atoms with Gasteiger partial charge in [0.05, 0.1) is 11.6 Å². The second-order valence-electron chi connectivity index (χ2n) is 12.0. The molecule has 1 aliphatic heterocycles. The van der Waals surface area contributed by atoms with Crippen molar-refractivity contribution in [3.63, 3.8) is 0 Å². The van der Waals surface area contributed by atoms with Gasteiger partial charge in [-0.05, 0) is 56.2 Å². The molecule has 5 rings (SSSR count). The molecule has 1 saturated carbocycles. The van der Waals surface area contributed by atoms with Gasteiger partial charge in [-0.2, -0.15) is 0 Å². The van der Waals surface area contributed by atoms with Crippen molar-refractivity contribution in [2.24, 2.45) is 11.8 Å². The first kappa shape index (κ1) is 31.0. The van der Waals surface area contributed by atoms with Crippen LogP contribution < -0.4 is 16.0 Å². The molecule has 2 aromatic carbocycles. The number of nitrogens with zero attached hydrogens (tertiary/aromatic N) is 1. The maximum absolute atomic E-state index is 13.9. The highest BCUT2D eigenvalue weighted by Crippen LogP contribution is 2.22. The molecule has 2 heterocycles. The number of carbonyl (C=O) groups excluding carboxylic acids is 5. The standard InChI is InChI=1S/C35H40N4O5/c40-31(29-18-17-24-12-7-8-16-28(24)38-29)22-26(20-23-10-3-1-4-11-23)34(43)39-30(21-25-13-9-19-36-33(25)42)32(41)35(44)37-27-14-5-2-6-15-27/h1,3-4,7-8,10-12,16-18,25-27,30H,2,5-6,9,13-15,19-22H2,(H,36,42)(H,37,44)(H,39,43)/t25-,26+,30-/m0/s1. The number of rotatable bonds is 12. The lowest BCUT2D eigenvalue weighted by atomic mass is 9.88. The van der Waals surface area contributed by atoms with Gasteiger partial charge in [-0.15, -0.1) is 0 Å². The molecule has 0 radical (unpaired) electrons. The lowest BCUT2D eigenvalue weighted by Gasteiger charge is -2.28. The summed E-state index contributed by atoms with van der Waals surface area (Å²) in [6.07, 6.45) is 6.16. The molecule has 1 saturated heterocycles. The number of hydrogen-bond acceptors (Lipinski definition) is 6. The Morgan fingerprint density at radius 1 is 0.864 bits per heavy atom. The van der Waals surface area contributed by atoms with Crippen LogP contribution in [0.1, 0.15) is 73.8 Å². The van der Waals surface area contributed by atoms with Gasteiger partial charge < -0.3 is 16.0 Å². The SMILES string of the molecule is O=C(NC1CCCCC1)C(=O)[C@H](C[C@@H]1CCCNC1=O)NC(=O)[C@@H](CC(=O)c1ccc2ccccc2n1)Cc1ccccc1. The average Bonchev–Trinajstić information content (AvgIpc) is 3.05. The first-order valence-corrected chi connectivity index (χ1v) is 15.7. The summed E-state index contributed by atoms with van der Waals surface area (Å²) in [6.45, 7) is 0.562. The maximum atomic E-state index is 13.9. The van der Waals surface area contributed by atoms with Gasteiger partial charge in [0.2, 0.25) is 17.6 Å². The van der Waals surface area contributed by atoms with Crippen LogP contribution in [0, 0.1) is 11.8 Å². The van der Waals surface area contributed by atoms with Crippen LogP contribution in [-0.2, 0) is 25.6 Å². The number of hydrogen-bond donors (Lipinski definition) is 3. The maximum Gasteiger partial charge on any atom is 0.289 e. The van der Waals surface area contributed by atoms with E-state index in [-0.39, 0.29) is 42.7 Å². The summed E-state index contributed by atoms with van der Waals surface area (Å²) >= 11 is 0. The first-order chi connectivity index (χ1) is 21.4. The monoisotopic (exact) mass is 596 g/mol. The van der Waals surface area contributed by atoms with Crippen molar-refractivity contribution in [3.8, 4) is 0 Å².